The van der Waals surface area contributed by atoms with Crippen LogP contribution in [0.4, 0.5) is 0 Å². The number of esters is 1. The van der Waals surface area contributed by atoms with E-state index in [4.69, 9.17) is 4.74 Å². The van der Waals surface area contributed by atoms with Crippen LogP contribution in [0.15, 0.2) is 0 Å². The van der Waals surface area contributed by atoms with Crippen molar-refractivity contribution < 1.29 is 9.53 Å². The molecule has 0 heterocycles. The maximum absolute atomic E-state index is 13.6. The lowest BCUT2D eigenvalue weighted by atomic mass is 9.57. The summed E-state index contributed by atoms with van der Waals surface area (Å²) in [6.45, 7) is 13.4. The Balaban J connectivity index is 1.40. The number of rotatable bonds is 3. The number of carbonyl (C=O) groups excluding carboxylic acids is 1. The molecule has 0 radical (unpaired) electrons. The first-order valence-electron chi connectivity index (χ1n) is 12.7. The molecule has 0 amide bonds. The van der Waals surface area contributed by atoms with Gasteiger partial charge in [0, 0.05) is 0 Å². The molecule has 2 heteroatoms. The molecule has 9 atom stereocenters. The third-order valence-electron chi connectivity index (χ3n) is 9.96. The molecule has 29 heavy (non-hydrogen) atoms. The van der Waals surface area contributed by atoms with Gasteiger partial charge in [-0.3, -0.25) is 4.79 Å². The van der Waals surface area contributed by atoms with E-state index in [2.05, 4.69) is 41.5 Å². The predicted molar refractivity (Wildman–Crippen MR) is 117 cm³/mol. The molecular weight excluding hydrogens is 356 g/mol. The molecule has 5 aliphatic carbocycles. The Morgan fingerprint density at radius 3 is 2.28 bits per heavy atom. The molecule has 0 spiro atoms. The third-order valence-corrected chi connectivity index (χ3v) is 9.96. The molecule has 5 rings (SSSR count). The third kappa shape index (κ3) is 3.49. The first-order chi connectivity index (χ1) is 13.4. The van der Waals surface area contributed by atoms with E-state index in [1.165, 1.54) is 44.9 Å². The van der Waals surface area contributed by atoms with Gasteiger partial charge in [-0.05, 0) is 110 Å². The Kier molecular flexibility index (Phi) is 4.56. The Morgan fingerprint density at radius 1 is 0.897 bits per heavy atom. The Labute approximate surface area is 178 Å². The summed E-state index contributed by atoms with van der Waals surface area (Å²) in [6.07, 6.45) is 11.7. The van der Waals surface area contributed by atoms with Crippen LogP contribution in [0, 0.1) is 58.2 Å². The molecule has 0 saturated heterocycles. The van der Waals surface area contributed by atoms with Crippen LogP contribution in [0.1, 0.15) is 99.3 Å². The zero-order valence-corrected chi connectivity index (χ0v) is 19.8. The minimum atomic E-state index is -0.137. The average molecular weight is 401 g/mol. The molecule has 164 valence electrons. The summed E-state index contributed by atoms with van der Waals surface area (Å²) in [4.78, 5) is 13.6. The quantitative estimate of drug-likeness (QED) is 0.483. The van der Waals surface area contributed by atoms with Crippen molar-refractivity contribution in [1.82, 2.24) is 0 Å². The minimum absolute atomic E-state index is 0.00900. The summed E-state index contributed by atoms with van der Waals surface area (Å²) in [6, 6.07) is 0. The second-order valence-corrected chi connectivity index (χ2v) is 14.2. The molecule has 5 saturated carbocycles. The van der Waals surface area contributed by atoms with Crippen molar-refractivity contribution in [3.63, 3.8) is 0 Å². The van der Waals surface area contributed by atoms with Crippen molar-refractivity contribution in [2.45, 2.75) is 105 Å². The van der Waals surface area contributed by atoms with Gasteiger partial charge in [0.2, 0.25) is 0 Å². The SMILES string of the molecule is CC(C)(C)CC(C(=O)OC12CCC(C1)C1CC3CC4CC1C(C3)C4C2)C(C)(C)C. The van der Waals surface area contributed by atoms with E-state index in [1.807, 2.05) is 0 Å². The molecule has 0 aromatic carbocycles. The molecule has 0 N–H and O–H groups in total. The molecule has 5 aliphatic rings. The zero-order chi connectivity index (χ0) is 20.8. The molecule has 2 nitrogen and oxygen atoms in total. The summed E-state index contributed by atoms with van der Waals surface area (Å²) in [5.41, 5.74) is -0.0385. The molecule has 0 aliphatic heterocycles. The van der Waals surface area contributed by atoms with Crippen LogP contribution in [-0.4, -0.2) is 11.6 Å². The lowest BCUT2D eigenvalue weighted by molar-refractivity contribution is -0.175. The van der Waals surface area contributed by atoms with E-state index < -0.39 is 0 Å². The van der Waals surface area contributed by atoms with Crippen LogP contribution in [0.3, 0.4) is 0 Å². The van der Waals surface area contributed by atoms with Gasteiger partial charge in [-0.2, -0.15) is 0 Å². The summed E-state index contributed by atoms with van der Waals surface area (Å²) in [5.74, 6) is 6.67. The molecule has 9 unspecified atom stereocenters. The fraction of sp³-hybridized carbons (Fsp3) is 0.963. The lowest BCUT2D eigenvalue weighted by Crippen LogP contribution is -2.46. The van der Waals surface area contributed by atoms with E-state index in [0.29, 0.717) is 0 Å². The van der Waals surface area contributed by atoms with Gasteiger partial charge in [0.1, 0.15) is 5.60 Å². The zero-order valence-electron chi connectivity index (χ0n) is 19.8. The highest BCUT2D eigenvalue weighted by atomic mass is 16.6. The van der Waals surface area contributed by atoms with Gasteiger partial charge < -0.3 is 4.74 Å². The van der Waals surface area contributed by atoms with Crippen LogP contribution >= 0.6 is 0 Å². The molecular formula is C27H44O2. The monoisotopic (exact) mass is 400 g/mol. The number of hydrogen-bond donors (Lipinski definition) is 0. The number of carbonyl (C=O) groups is 1. The van der Waals surface area contributed by atoms with Gasteiger partial charge in [0.15, 0.2) is 0 Å². The largest absolute Gasteiger partial charge is 0.459 e. The van der Waals surface area contributed by atoms with Crippen molar-refractivity contribution in [2.24, 2.45) is 58.2 Å². The average Bonchev–Trinajstić information content (AvgIpc) is 3.02. The second-order valence-electron chi connectivity index (χ2n) is 14.2. The Hall–Kier alpha value is -0.530. The number of ether oxygens (including phenoxy) is 1. The van der Waals surface area contributed by atoms with Crippen molar-refractivity contribution >= 4 is 5.97 Å². The molecule has 0 aromatic heterocycles. The lowest BCUT2D eigenvalue weighted by Gasteiger charge is -2.49. The van der Waals surface area contributed by atoms with E-state index >= 15 is 0 Å². The van der Waals surface area contributed by atoms with Gasteiger partial charge in [-0.15, -0.1) is 0 Å². The van der Waals surface area contributed by atoms with E-state index in [1.54, 1.807) is 0 Å². The van der Waals surface area contributed by atoms with Crippen LogP contribution in [0.5, 0.6) is 0 Å². The fourth-order valence-electron chi connectivity index (χ4n) is 8.89. The van der Waals surface area contributed by atoms with Crippen LogP contribution in [0.2, 0.25) is 0 Å². The van der Waals surface area contributed by atoms with Crippen molar-refractivity contribution in [3.8, 4) is 0 Å². The van der Waals surface area contributed by atoms with Crippen molar-refractivity contribution in [2.75, 3.05) is 0 Å². The topological polar surface area (TPSA) is 26.3 Å². The van der Waals surface area contributed by atoms with E-state index in [0.717, 1.165) is 54.3 Å². The Morgan fingerprint density at radius 2 is 1.59 bits per heavy atom. The van der Waals surface area contributed by atoms with E-state index in [-0.39, 0.29) is 28.3 Å². The summed E-state index contributed by atoms with van der Waals surface area (Å²) >= 11 is 0. The van der Waals surface area contributed by atoms with Gasteiger partial charge in [-0.1, -0.05) is 41.5 Å². The van der Waals surface area contributed by atoms with Gasteiger partial charge >= 0.3 is 5.97 Å². The van der Waals surface area contributed by atoms with Gasteiger partial charge in [0.05, 0.1) is 5.92 Å². The van der Waals surface area contributed by atoms with E-state index in [9.17, 15) is 4.79 Å². The summed E-state index contributed by atoms with van der Waals surface area (Å²) in [5, 5.41) is 0. The highest BCUT2D eigenvalue weighted by Crippen LogP contribution is 2.67. The van der Waals surface area contributed by atoms with Gasteiger partial charge in [-0.25, -0.2) is 0 Å². The maximum atomic E-state index is 13.6. The Bertz CT molecular complexity index is 665. The number of fused-ring (bicyclic) bond motifs is 4. The first kappa shape index (κ1) is 20.4. The predicted octanol–water partition coefficient (Wildman–Crippen LogP) is 6.87. The van der Waals surface area contributed by atoms with Crippen molar-refractivity contribution in [3.05, 3.63) is 0 Å². The molecule has 0 aromatic rings. The fourth-order valence-corrected chi connectivity index (χ4v) is 8.89. The minimum Gasteiger partial charge on any atom is -0.459 e. The molecule has 8 bridgehead atoms. The summed E-state index contributed by atoms with van der Waals surface area (Å²) < 4.78 is 6.68. The summed E-state index contributed by atoms with van der Waals surface area (Å²) in [7, 11) is 0. The maximum Gasteiger partial charge on any atom is 0.310 e. The first-order valence-corrected chi connectivity index (χ1v) is 12.7. The van der Waals surface area contributed by atoms with Crippen molar-refractivity contribution in [1.29, 1.82) is 0 Å². The molecule has 5 fully saturated rings. The normalized spacial score (nSPS) is 46.5. The highest BCUT2D eigenvalue weighted by molar-refractivity contribution is 5.74. The van der Waals surface area contributed by atoms with Crippen LogP contribution in [0.25, 0.3) is 0 Å². The second kappa shape index (κ2) is 6.49. The van der Waals surface area contributed by atoms with Gasteiger partial charge in [0.25, 0.3) is 0 Å². The standard InChI is InChI=1S/C27H44O2/c1-25(2,3)15-23(26(4,5)6)24(28)29-27-8-7-17(13-27)19-10-16-9-18-12-21(19)20(11-16)22(18)14-27/h16-23H,7-15H2,1-6H3. The van der Waals surface area contributed by atoms with Crippen LogP contribution in [-0.2, 0) is 9.53 Å². The smallest absolute Gasteiger partial charge is 0.310 e. The number of hydrogen-bond acceptors (Lipinski definition) is 2. The van der Waals surface area contributed by atoms with Crippen LogP contribution < -0.4 is 0 Å². The highest BCUT2D eigenvalue weighted by Gasteiger charge is 2.62.